The molecule has 2 aromatic rings. The molecular weight excluding hydrogens is 296 g/mol. The van der Waals surface area contributed by atoms with E-state index in [1.165, 1.54) is 12.1 Å². The third kappa shape index (κ3) is 4.78. The Balaban J connectivity index is 2.30. The van der Waals surface area contributed by atoms with Crippen LogP contribution in [0.4, 0.5) is 10.5 Å². The molecule has 0 aliphatic carbocycles. The molecule has 0 unspecified atom stereocenters. The molecule has 2 rings (SSSR count). The van der Waals surface area contributed by atoms with Gasteiger partial charge in [0.1, 0.15) is 0 Å². The number of amides is 2. The van der Waals surface area contributed by atoms with Gasteiger partial charge in [-0.25, -0.2) is 10.2 Å². The summed E-state index contributed by atoms with van der Waals surface area (Å²) in [4.78, 5) is 21.2. The molecule has 2 amide bonds. The molecule has 3 N–H and O–H groups in total. The van der Waals surface area contributed by atoms with Gasteiger partial charge in [-0.2, -0.15) is 5.10 Å². The number of primary amides is 1. The van der Waals surface area contributed by atoms with Crippen molar-refractivity contribution in [3.8, 4) is 0 Å². The Labute approximate surface area is 132 Å². The van der Waals surface area contributed by atoms with Gasteiger partial charge in [0.15, 0.2) is 0 Å². The van der Waals surface area contributed by atoms with Gasteiger partial charge in [0.25, 0.3) is 5.69 Å². The largest absolute Gasteiger partial charge is 0.350 e. The van der Waals surface area contributed by atoms with E-state index >= 15 is 0 Å². The van der Waals surface area contributed by atoms with Crippen LogP contribution in [0.1, 0.15) is 11.1 Å². The highest BCUT2D eigenvalue weighted by Crippen LogP contribution is 2.14. The first-order chi connectivity index (χ1) is 11.1. The second-order valence-electron chi connectivity index (χ2n) is 4.52. The van der Waals surface area contributed by atoms with Crippen LogP contribution in [0.15, 0.2) is 65.8 Å². The van der Waals surface area contributed by atoms with Crippen LogP contribution in [0.25, 0.3) is 6.08 Å². The molecule has 0 fully saturated rings. The number of non-ortho nitro benzene ring substituents is 1. The second kappa shape index (κ2) is 7.51. The number of hydrogen-bond donors (Lipinski definition) is 2. The lowest BCUT2D eigenvalue weighted by atomic mass is 10.1. The van der Waals surface area contributed by atoms with E-state index in [0.29, 0.717) is 11.3 Å². The smallest absolute Gasteiger partial charge is 0.332 e. The number of carbonyl (C=O) groups excluding carboxylic acids is 1. The summed E-state index contributed by atoms with van der Waals surface area (Å²) in [6.45, 7) is 0. The zero-order valence-corrected chi connectivity index (χ0v) is 12.0. The first-order valence-corrected chi connectivity index (χ1v) is 6.67. The Bertz CT molecular complexity index is 770. The Morgan fingerprint density at radius 1 is 1.17 bits per heavy atom. The van der Waals surface area contributed by atoms with Crippen molar-refractivity contribution in [1.29, 1.82) is 0 Å². The number of benzene rings is 2. The van der Waals surface area contributed by atoms with Crippen LogP contribution in [0.3, 0.4) is 0 Å². The summed E-state index contributed by atoms with van der Waals surface area (Å²) in [5.74, 6) is 0. The molecule has 0 aliphatic heterocycles. The van der Waals surface area contributed by atoms with Crippen LogP contribution < -0.4 is 11.2 Å². The summed E-state index contributed by atoms with van der Waals surface area (Å²) in [6, 6.07) is 14.6. The number of nitro groups is 1. The molecule has 0 aliphatic rings. The van der Waals surface area contributed by atoms with Crippen molar-refractivity contribution >= 4 is 23.5 Å². The van der Waals surface area contributed by atoms with E-state index in [9.17, 15) is 14.9 Å². The number of urea groups is 1. The van der Waals surface area contributed by atoms with Gasteiger partial charge in [-0.3, -0.25) is 10.1 Å². The number of nitro benzene ring substituents is 1. The van der Waals surface area contributed by atoms with Gasteiger partial charge in [0.2, 0.25) is 0 Å². The third-order valence-electron chi connectivity index (χ3n) is 2.87. The summed E-state index contributed by atoms with van der Waals surface area (Å²) >= 11 is 0. The Kier molecular flexibility index (Phi) is 5.19. The SMILES string of the molecule is NC(=O)NN=C(C=Cc1cccc([N+](=O)[O-])c1)c1ccccc1. The summed E-state index contributed by atoms with van der Waals surface area (Å²) in [5, 5.41) is 14.7. The zero-order valence-electron chi connectivity index (χ0n) is 12.0. The van der Waals surface area contributed by atoms with E-state index in [2.05, 4.69) is 10.5 Å². The van der Waals surface area contributed by atoms with Crippen molar-refractivity contribution < 1.29 is 9.72 Å². The molecule has 0 atom stereocenters. The van der Waals surface area contributed by atoms with Crippen LogP contribution in [0.5, 0.6) is 0 Å². The molecule has 0 radical (unpaired) electrons. The van der Waals surface area contributed by atoms with E-state index in [1.54, 1.807) is 24.3 Å². The normalized spacial score (nSPS) is 11.4. The summed E-state index contributed by atoms with van der Waals surface area (Å²) < 4.78 is 0. The first-order valence-electron chi connectivity index (χ1n) is 6.67. The monoisotopic (exact) mass is 310 g/mol. The molecule has 0 aromatic heterocycles. The maximum atomic E-state index is 10.8. The van der Waals surface area contributed by atoms with Gasteiger partial charge < -0.3 is 5.73 Å². The number of allylic oxidation sites excluding steroid dienone is 1. The van der Waals surface area contributed by atoms with Crippen LogP contribution in [-0.4, -0.2) is 16.7 Å². The fourth-order valence-electron chi connectivity index (χ4n) is 1.84. The minimum Gasteiger partial charge on any atom is -0.350 e. The predicted octanol–water partition coefficient (Wildman–Crippen LogP) is 2.68. The molecule has 2 aromatic carbocycles. The predicted molar refractivity (Wildman–Crippen MR) is 87.8 cm³/mol. The lowest BCUT2D eigenvalue weighted by molar-refractivity contribution is -0.384. The maximum Gasteiger partial charge on any atom is 0.332 e. The second-order valence-corrected chi connectivity index (χ2v) is 4.52. The number of nitrogens with two attached hydrogens (primary N) is 1. The molecule has 0 saturated heterocycles. The first kappa shape index (κ1) is 15.9. The summed E-state index contributed by atoms with van der Waals surface area (Å²) in [7, 11) is 0. The van der Waals surface area contributed by atoms with E-state index in [4.69, 9.17) is 5.73 Å². The van der Waals surface area contributed by atoms with E-state index in [0.717, 1.165) is 5.56 Å². The van der Waals surface area contributed by atoms with Crippen molar-refractivity contribution in [2.75, 3.05) is 0 Å². The molecule has 23 heavy (non-hydrogen) atoms. The van der Waals surface area contributed by atoms with Crippen LogP contribution in [0.2, 0.25) is 0 Å². The minimum atomic E-state index is -0.776. The van der Waals surface area contributed by atoms with Crippen LogP contribution >= 0.6 is 0 Å². The van der Waals surface area contributed by atoms with Gasteiger partial charge >= 0.3 is 6.03 Å². The molecule has 7 heteroatoms. The highest BCUT2D eigenvalue weighted by molar-refractivity contribution is 6.11. The summed E-state index contributed by atoms with van der Waals surface area (Å²) in [5.41, 5.74) is 9.08. The number of nitrogens with zero attached hydrogens (tertiary/aromatic N) is 2. The van der Waals surface area contributed by atoms with Gasteiger partial charge in [-0.15, -0.1) is 0 Å². The van der Waals surface area contributed by atoms with Crippen LogP contribution in [-0.2, 0) is 0 Å². The average molecular weight is 310 g/mol. The van der Waals surface area contributed by atoms with Crippen molar-refractivity contribution in [2.45, 2.75) is 0 Å². The van der Waals surface area contributed by atoms with Crippen molar-refractivity contribution in [3.05, 3.63) is 81.9 Å². The van der Waals surface area contributed by atoms with Gasteiger partial charge in [-0.05, 0) is 11.6 Å². The molecular formula is C16H14N4O3. The lowest BCUT2D eigenvalue weighted by Crippen LogP contribution is -2.25. The number of rotatable bonds is 5. The average Bonchev–Trinajstić information content (AvgIpc) is 2.55. The van der Waals surface area contributed by atoms with E-state index in [-0.39, 0.29) is 5.69 Å². The van der Waals surface area contributed by atoms with E-state index in [1.807, 2.05) is 30.3 Å². The number of nitrogens with one attached hydrogen (secondary N) is 1. The molecule has 0 bridgehead atoms. The number of hydrogen-bond acceptors (Lipinski definition) is 4. The molecule has 0 spiro atoms. The number of carbonyl (C=O) groups is 1. The third-order valence-corrected chi connectivity index (χ3v) is 2.87. The quantitative estimate of drug-likeness (QED) is 0.503. The molecule has 7 nitrogen and oxygen atoms in total. The highest BCUT2D eigenvalue weighted by atomic mass is 16.6. The van der Waals surface area contributed by atoms with Gasteiger partial charge in [0, 0.05) is 17.7 Å². The van der Waals surface area contributed by atoms with Crippen molar-refractivity contribution in [1.82, 2.24) is 5.43 Å². The van der Waals surface area contributed by atoms with Crippen molar-refractivity contribution in [3.63, 3.8) is 0 Å². The van der Waals surface area contributed by atoms with Crippen LogP contribution in [0, 0.1) is 10.1 Å². The lowest BCUT2D eigenvalue weighted by Gasteiger charge is -2.02. The Morgan fingerprint density at radius 2 is 1.91 bits per heavy atom. The number of hydrazone groups is 1. The van der Waals surface area contributed by atoms with Gasteiger partial charge in [-0.1, -0.05) is 48.5 Å². The minimum absolute atomic E-state index is 0.000566. The zero-order chi connectivity index (χ0) is 16.7. The standard InChI is InChI=1S/C16H14N4O3/c17-16(21)19-18-15(13-6-2-1-3-7-13)10-9-12-5-4-8-14(11-12)20(22)23/h1-11H,(H3,17,19,21). The fraction of sp³-hybridized carbons (Fsp3) is 0. The van der Waals surface area contributed by atoms with E-state index < -0.39 is 11.0 Å². The maximum absolute atomic E-state index is 10.8. The molecule has 0 saturated carbocycles. The topological polar surface area (TPSA) is 111 Å². The highest BCUT2D eigenvalue weighted by Gasteiger charge is 2.04. The Morgan fingerprint density at radius 3 is 2.57 bits per heavy atom. The molecule has 0 heterocycles. The Hall–Kier alpha value is -3.48. The summed E-state index contributed by atoms with van der Waals surface area (Å²) in [6.07, 6.45) is 3.31. The van der Waals surface area contributed by atoms with Gasteiger partial charge in [0.05, 0.1) is 10.6 Å². The molecule has 116 valence electrons. The van der Waals surface area contributed by atoms with Crippen molar-refractivity contribution in [2.24, 2.45) is 10.8 Å². The fourth-order valence-corrected chi connectivity index (χ4v) is 1.84.